The van der Waals surface area contributed by atoms with Gasteiger partial charge in [0.1, 0.15) is 5.69 Å². The zero-order valence-electron chi connectivity index (χ0n) is 7.80. The third-order valence-electron chi connectivity index (χ3n) is 2.03. The molecule has 1 atom stereocenters. The summed E-state index contributed by atoms with van der Waals surface area (Å²) in [6, 6.07) is 0. The average molecular weight is 222 g/mol. The Balaban J connectivity index is 3.14. The number of aliphatic carboxylic acids is 1. The second-order valence-electron chi connectivity index (χ2n) is 3.00. The maximum absolute atomic E-state index is 12.4. The lowest BCUT2D eigenvalue weighted by Gasteiger charge is -2.11. The van der Waals surface area contributed by atoms with E-state index in [2.05, 4.69) is 5.10 Å². The van der Waals surface area contributed by atoms with E-state index < -0.39 is 23.8 Å². The molecule has 0 aliphatic heterocycles. The Labute approximate surface area is 83.1 Å². The van der Waals surface area contributed by atoms with Gasteiger partial charge in [0, 0.05) is 5.56 Å². The van der Waals surface area contributed by atoms with E-state index >= 15 is 0 Å². The number of carbonyl (C=O) groups is 1. The van der Waals surface area contributed by atoms with Crippen molar-refractivity contribution in [1.29, 1.82) is 0 Å². The third-order valence-corrected chi connectivity index (χ3v) is 2.03. The number of hydrogen-bond acceptors (Lipinski definition) is 2. The average Bonchev–Trinajstić information content (AvgIpc) is 2.52. The normalized spacial score (nSPS) is 13.9. The van der Waals surface area contributed by atoms with Gasteiger partial charge >= 0.3 is 12.1 Å². The van der Waals surface area contributed by atoms with Crippen molar-refractivity contribution in [2.45, 2.75) is 25.4 Å². The Morgan fingerprint density at radius 2 is 2.27 bits per heavy atom. The molecule has 1 unspecified atom stereocenters. The zero-order chi connectivity index (χ0) is 11.6. The van der Waals surface area contributed by atoms with Gasteiger partial charge in [0.2, 0.25) is 0 Å². The number of halogens is 3. The molecule has 0 aliphatic rings. The smallest absolute Gasteiger partial charge is 0.433 e. The van der Waals surface area contributed by atoms with Gasteiger partial charge in [-0.2, -0.15) is 18.3 Å². The Kier molecular flexibility index (Phi) is 3.01. The summed E-state index contributed by atoms with van der Waals surface area (Å²) in [5.74, 6) is -2.47. The third kappa shape index (κ3) is 2.28. The number of alkyl halides is 3. The fourth-order valence-electron chi connectivity index (χ4n) is 1.31. The molecule has 0 spiro atoms. The van der Waals surface area contributed by atoms with E-state index in [9.17, 15) is 18.0 Å². The topological polar surface area (TPSA) is 66.0 Å². The Morgan fingerprint density at radius 3 is 2.67 bits per heavy atom. The lowest BCUT2D eigenvalue weighted by molar-refractivity contribution is -0.143. The number of aromatic amines is 1. The molecule has 0 radical (unpaired) electrons. The van der Waals surface area contributed by atoms with Crippen LogP contribution in [0.4, 0.5) is 13.2 Å². The molecule has 0 fully saturated rings. The first kappa shape index (κ1) is 11.5. The number of hydrogen-bond donors (Lipinski definition) is 2. The van der Waals surface area contributed by atoms with E-state index in [1.165, 1.54) is 6.92 Å². The molecule has 1 aromatic rings. The van der Waals surface area contributed by atoms with Crippen molar-refractivity contribution in [3.63, 3.8) is 0 Å². The summed E-state index contributed by atoms with van der Waals surface area (Å²) in [5.41, 5.74) is -1.41. The summed E-state index contributed by atoms with van der Waals surface area (Å²) >= 11 is 0. The van der Waals surface area contributed by atoms with Crippen LogP contribution in [-0.4, -0.2) is 21.3 Å². The van der Waals surface area contributed by atoms with E-state index in [0.29, 0.717) is 0 Å². The highest BCUT2D eigenvalue weighted by Gasteiger charge is 2.38. The first-order chi connectivity index (χ1) is 6.88. The number of aromatic nitrogens is 2. The van der Waals surface area contributed by atoms with Gasteiger partial charge in [0.05, 0.1) is 12.1 Å². The summed E-state index contributed by atoms with van der Waals surface area (Å²) in [6.07, 6.45) is -3.61. The molecule has 1 heterocycles. The van der Waals surface area contributed by atoms with Gasteiger partial charge in [-0.25, -0.2) is 0 Å². The lowest BCUT2D eigenvalue weighted by atomic mass is 9.97. The van der Waals surface area contributed by atoms with Crippen molar-refractivity contribution >= 4 is 5.97 Å². The molecule has 0 saturated carbocycles. The van der Waals surface area contributed by atoms with Crippen molar-refractivity contribution < 1.29 is 23.1 Å². The molecule has 0 amide bonds. The Bertz CT molecular complexity index is 359. The van der Waals surface area contributed by atoms with Crippen LogP contribution in [0.2, 0.25) is 0 Å². The van der Waals surface area contributed by atoms with Crippen molar-refractivity contribution in [2.24, 2.45) is 0 Å². The van der Waals surface area contributed by atoms with Gasteiger partial charge in [-0.05, 0) is 6.42 Å². The summed E-state index contributed by atoms with van der Waals surface area (Å²) in [6.45, 7) is 1.51. The first-order valence-electron chi connectivity index (χ1n) is 4.21. The largest absolute Gasteiger partial charge is 0.481 e. The van der Waals surface area contributed by atoms with Gasteiger partial charge in [-0.1, -0.05) is 6.92 Å². The van der Waals surface area contributed by atoms with Gasteiger partial charge in [-0.3, -0.25) is 9.89 Å². The minimum absolute atomic E-state index is 0.0813. The van der Waals surface area contributed by atoms with Crippen LogP contribution in [0.1, 0.15) is 30.5 Å². The molecule has 7 heteroatoms. The number of nitrogens with one attached hydrogen (secondary N) is 1. The van der Waals surface area contributed by atoms with Crippen molar-refractivity contribution in [3.8, 4) is 0 Å². The predicted molar refractivity (Wildman–Crippen MR) is 44.3 cm³/mol. The molecule has 2 N–H and O–H groups in total. The van der Waals surface area contributed by atoms with Gasteiger partial charge in [0.15, 0.2) is 0 Å². The fraction of sp³-hybridized carbons (Fsp3) is 0.500. The monoisotopic (exact) mass is 222 g/mol. The van der Waals surface area contributed by atoms with Gasteiger partial charge in [-0.15, -0.1) is 0 Å². The summed E-state index contributed by atoms with van der Waals surface area (Å²) in [4.78, 5) is 10.7. The minimum Gasteiger partial charge on any atom is -0.481 e. The zero-order valence-corrected chi connectivity index (χ0v) is 7.80. The van der Waals surface area contributed by atoms with Crippen LogP contribution < -0.4 is 0 Å². The molecular formula is C8H9F3N2O2. The predicted octanol–water partition coefficient (Wildman–Crippen LogP) is 2.01. The van der Waals surface area contributed by atoms with E-state index in [1.54, 1.807) is 5.10 Å². The molecule has 0 aliphatic carbocycles. The van der Waals surface area contributed by atoms with E-state index in [1.807, 2.05) is 0 Å². The van der Waals surface area contributed by atoms with Crippen LogP contribution in [0.25, 0.3) is 0 Å². The van der Waals surface area contributed by atoms with Crippen molar-refractivity contribution in [1.82, 2.24) is 10.2 Å². The quantitative estimate of drug-likeness (QED) is 0.822. The summed E-state index contributed by atoms with van der Waals surface area (Å²) < 4.78 is 37.1. The van der Waals surface area contributed by atoms with E-state index in [0.717, 1.165) is 6.20 Å². The molecular weight excluding hydrogens is 213 g/mol. The first-order valence-corrected chi connectivity index (χ1v) is 4.21. The summed E-state index contributed by atoms with van der Waals surface area (Å²) in [5, 5.41) is 13.7. The Hall–Kier alpha value is -1.53. The Morgan fingerprint density at radius 1 is 1.67 bits per heavy atom. The molecule has 1 aromatic heterocycles. The van der Waals surface area contributed by atoms with Crippen molar-refractivity contribution in [2.75, 3.05) is 0 Å². The molecule has 15 heavy (non-hydrogen) atoms. The molecule has 1 rings (SSSR count). The minimum atomic E-state index is -4.60. The number of nitrogens with zero attached hydrogens (tertiary/aromatic N) is 1. The fourth-order valence-corrected chi connectivity index (χ4v) is 1.31. The maximum atomic E-state index is 12.4. The highest BCUT2D eigenvalue weighted by atomic mass is 19.4. The SMILES string of the molecule is CCC(C(=O)O)c1cn[nH]c1C(F)(F)F. The van der Waals surface area contributed by atoms with Crippen molar-refractivity contribution in [3.05, 3.63) is 17.5 Å². The van der Waals surface area contributed by atoms with Crippen LogP contribution in [0.3, 0.4) is 0 Å². The molecule has 0 bridgehead atoms. The molecule has 84 valence electrons. The highest BCUT2D eigenvalue weighted by Crippen LogP contribution is 2.34. The number of carboxylic acid groups (broad SMARTS) is 1. The van der Waals surface area contributed by atoms with Crippen LogP contribution in [0.15, 0.2) is 6.20 Å². The summed E-state index contributed by atoms with van der Waals surface area (Å²) in [7, 11) is 0. The van der Waals surface area contributed by atoms with Crippen LogP contribution in [-0.2, 0) is 11.0 Å². The highest BCUT2D eigenvalue weighted by molar-refractivity contribution is 5.76. The number of H-pyrrole nitrogens is 1. The molecule has 4 nitrogen and oxygen atoms in total. The molecule has 0 aromatic carbocycles. The van der Waals surface area contributed by atoms with E-state index in [4.69, 9.17) is 5.11 Å². The van der Waals surface area contributed by atoms with Gasteiger partial charge < -0.3 is 5.11 Å². The van der Waals surface area contributed by atoms with Crippen LogP contribution in [0, 0.1) is 0 Å². The van der Waals surface area contributed by atoms with Crippen LogP contribution in [0.5, 0.6) is 0 Å². The second kappa shape index (κ2) is 3.92. The number of carboxylic acids is 1. The standard InChI is InChI=1S/C8H9F3N2O2/c1-2-4(7(14)15)5-3-12-13-6(5)8(9,10)11/h3-4H,2H2,1H3,(H,12,13)(H,14,15). The van der Waals surface area contributed by atoms with Gasteiger partial charge in [0.25, 0.3) is 0 Å². The molecule has 0 saturated heterocycles. The number of rotatable bonds is 3. The second-order valence-corrected chi connectivity index (χ2v) is 3.00. The maximum Gasteiger partial charge on any atom is 0.433 e. The lowest BCUT2D eigenvalue weighted by Crippen LogP contribution is -2.16. The van der Waals surface area contributed by atoms with Crippen LogP contribution >= 0.6 is 0 Å². The van der Waals surface area contributed by atoms with E-state index in [-0.39, 0.29) is 12.0 Å².